The summed E-state index contributed by atoms with van der Waals surface area (Å²) in [5.41, 5.74) is 0.0227. The third kappa shape index (κ3) is 3.01. The Morgan fingerprint density at radius 2 is 2.11 bits per heavy atom. The van der Waals surface area contributed by atoms with E-state index >= 15 is 0 Å². The summed E-state index contributed by atoms with van der Waals surface area (Å²) < 4.78 is 37.6. The van der Waals surface area contributed by atoms with Crippen molar-refractivity contribution in [2.75, 3.05) is 12.4 Å². The van der Waals surface area contributed by atoms with E-state index < -0.39 is 11.7 Å². The minimum absolute atomic E-state index is 0.462. The van der Waals surface area contributed by atoms with Crippen molar-refractivity contribution in [2.24, 2.45) is 0 Å². The molecule has 1 N–H and O–H groups in total. The Morgan fingerprint density at radius 1 is 1.33 bits per heavy atom. The van der Waals surface area contributed by atoms with Gasteiger partial charge in [0.15, 0.2) is 5.13 Å². The molecule has 0 unspecified atom stereocenters. The second kappa shape index (κ2) is 4.97. The van der Waals surface area contributed by atoms with Crippen molar-refractivity contribution in [3.8, 4) is 0 Å². The van der Waals surface area contributed by atoms with E-state index in [1.54, 1.807) is 19.3 Å². The average Bonchev–Trinajstić information content (AvgIpc) is 2.76. The second-order valence-electron chi connectivity index (χ2n) is 3.76. The SMILES string of the molecule is CNc1ncc(Cc2cccc(C(F)(F)F)c2)s1. The predicted octanol–water partition coefficient (Wildman–Crippen LogP) is 3.79. The Balaban J connectivity index is 2.19. The van der Waals surface area contributed by atoms with Gasteiger partial charge in [-0.3, -0.25) is 0 Å². The van der Waals surface area contributed by atoms with Crippen LogP contribution in [0.4, 0.5) is 18.3 Å². The topological polar surface area (TPSA) is 24.9 Å². The lowest BCUT2D eigenvalue weighted by molar-refractivity contribution is -0.137. The van der Waals surface area contributed by atoms with Gasteiger partial charge in [0.25, 0.3) is 0 Å². The normalized spacial score (nSPS) is 11.6. The fraction of sp³-hybridized carbons (Fsp3) is 0.250. The first kappa shape index (κ1) is 12.9. The Hall–Kier alpha value is -1.56. The van der Waals surface area contributed by atoms with Crippen LogP contribution in [-0.2, 0) is 12.6 Å². The molecule has 0 atom stereocenters. The van der Waals surface area contributed by atoms with Gasteiger partial charge in [-0.2, -0.15) is 13.2 Å². The van der Waals surface area contributed by atoms with Crippen LogP contribution in [0.15, 0.2) is 30.5 Å². The van der Waals surface area contributed by atoms with Crippen LogP contribution < -0.4 is 5.32 Å². The minimum Gasteiger partial charge on any atom is -0.365 e. The second-order valence-corrected chi connectivity index (χ2v) is 4.87. The number of thiazole rings is 1. The van der Waals surface area contributed by atoms with E-state index in [0.29, 0.717) is 12.0 Å². The maximum atomic E-state index is 12.5. The molecule has 2 aromatic rings. The zero-order chi connectivity index (χ0) is 13.2. The lowest BCUT2D eigenvalue weighted by atomic mass is 10.1. The monoisotopic (exact) mass is 272 g/mol. The molecule has 0 radical (unpaired) electrons. The highest BCUT2D eigenvalue weighted by Crippen LogP contribution is 2.30. The molecular formula is C12H11F3N2S. The molecule has 2 rings (SSSR count). The van der Waals surface area contributed by atoms with Gasteiger partial charge in [-0.1, -0.05) is 18.2 Å². The molecule has 1 heterocycles. The van der Waals surface area contributed by atoms with Gasteiger partial charge in [-0.25, -0.2) is 4.98 Å². The van der Waals surface area contributed by atoms with Crippen LogP contribution in [0.25, 0.3) is 0 Å². The van der Waals surface area contributed by atoms with E-state index in [9.17, 15) is 13.2 Å². The third-order valence-corrected chi connectivity index (χ3v) is 3.41. The van der Waals surface area contributed by atoms with Crippen molar-refractivity contribution in [1.82, 2.24) is 4.98 Å². The van der Waals surface area contributed by atoms with Crippen LogP contribution in [0, 0.1) is 0 Å². The molecule has 6 heteroatoms. The number of halogens is 3. The fourth-order valence-electron chi connectivity index (χ4n) is 1.56. The predicted molar refractivity (Wildman–Crippen MR) is 65.9 cm³/mol. The maximum Gasteiger partial charge on any atom is 0.416 e. The van der Waals surface area contributed by atoms with Gasteiger partial charge < -0.3 is 5.32 Å². The molecule has 0 aliphatic rings. The number of hydrogen-bond acceptors (Lipinski definition) is 3. The number of nitrogens with one attached hydrogen (secondary N) is 1. The summed E-state index contributed by atoms with van der Waals surface area (Å²) >= 11 is 1.44. The number of benzene rings is 1. The van der Waals surface area contributed by atoms with Crippen LogP contribution in [0.5, 0.6) is 0 Å². The van der Waals surface area contributed by atoms with Crippen LogP contribution in [0.1, 0.15) is 16.0 Å². The van der Waals surface area contributed by atoms with Crippen molar-refractivity contribution in [3.05, 3.63) is 46.5 Å². The van der Waals surface area contributed by atoms with Crippen molar-refractivity contribution in [2.45, 2.75) is 12.6 Å². The molecule has 1 aromatic heterocycles. The molecular weight excluding hydrogens is 261 g/mol. The molecule has 0 bridgehead atoms. The Labute approximate surface area is 106 Å². The van der Waals surface area contributed by atoms with Gasteiger partial charge in [-0.15, -0.1) is 11.3 Å². The van der Waals surface area contributed by atoms with E-state index in [1.165, 1.54) is 23.5 Å². The van der Waals surface area contributed by atoms with E-state index in [0.717, 1.165) is 16.1 Å². The van der Waals surface area contributed by atoms with Crippen LogP contribution in [0.3, 0.4) is 0 Å². The molecule has 96 valence electrons. The highest BCUT2D eigenvalue weighted by atomic mass is 32.1. The number of aromatic nitrogens is 1. The van der Waals surface area contributed by atoms with Crippen LogP contribution in [0.2, 0.25) is 0 Å². The van der Waals surface area contributed by atoms with E-state index in [2.05, 4.69) is 10.3 Å². The van der Waals surface area contributed by atoms with Crippen molar-refractivity contribution in [3.63, 3.8) is 0 Å². The van der Waals surface area contributed by atoms with Gasteiger partial charge in [0.05, 0.1) is 5.56 Å². The lowest BCUT2D eigenvalue weighted by Crippen LogP contribution is -2.05. The van der Waals surface area contributed by atoms with Crippen molar-refractivity contribution >= 4 is 16.5 Å². The number of hydrogen-bond donors (Lipinski definition) is 1. The first-order valence-electron chi connectivity index (χ1n) is 5.27. The van der Waals surface area contributed by atoms with E-state index in [-0.39, 0.29) is 0 Å². The molecule has 1 aromatic carbocycles. The van der Waals surface area contributed by atoms with Gasteiger partial charge in [0, 0.05) is 24.5 Å². The summed E-state index contributed by atoms with van der Waals surface area (Å²) in [4.78, 5) is 5.02. The van der Waals surface area contributed by atoms with Crippen molar-refractivity contribution in [1.29, 1.82) is 0 Å². The van der Waals surface area contributed by atoms with Gasteiger partial charge in [-0.05, 0) is 11.6 Å². The van der Waals surface area contributed by atoms with Gasteiger partial charge >= 0.3 is 6.18 Å². The summed E-state index contributed by atoms with van der Waals surface area (Å²) in [6.07, 6.45) is -2.15. The molecule has 0 aliphatic carbocycles. The highest BCUT2D eigenvalue weighted by molar-refractivity contribution is 7.15. The van der Waals surface area contributed by atoms with Crippen molar-refractivity contribution < 1.29 is 13.2 Å². The highest BCUT2D eigenvalue weighted by Gasteiger charge is 2.30. The van der Waals surface area contributed by atoms with Gasteiger partial charge in [0.1, 0.15) is 0 Å². The lowest BCUT2D eigenvalue weighted by Gasteiger charge is -2.07. The quantitative estimate of drug-likeness (QED) is 0.919. The molecule has 18 heavy (non-hydrogen) atoms. The zero-order valence-electron chi connectivity index (χ0n) is 9.58. The van der Waals surface area contributed by atoms with Crippen LogP contribution >= 0.6 is 11.3 Å². The number of nitrogens with zero attached hydrogens (tertiary/aromatic N) is 1. The minimum atomic E-state index is -4.29. The molecule has 0 aliphatic heterocycles. The molecule has 0 fully saturated rings. The fourth-order valence-corrected chi connectivity index (χ4v) is 2.36. The summed E-state index contributed by atoms with van der Waals surface area (Å²) in [5, 5.41) is 3.66. The largest absolute Gasteiger partial charge is 0.416 e. The Bertz CT molecular complexity index is 534. The summed E-state index contributed by atoms with van der Waals surface area (Å²) in [6, 6.07) is 5.38. The van der Waals surface area contributed by atoms with E-state index in [1.807, 2.05) is 0 Å². The Kier molecular flexibility index (Phi) is 3.56. The van der Waals surface area contributed by atoms with Crippen LogP contribution in [-0.4, -0.2) is 12.0 Å². The molecule has 0 spiro atoms. The Morgan fingerprint density at radius 3 is 2.72 bits per heavy atom. The summed E-state index contributed by atoms with van der Waals surface area (Å²) in [7, 11) is 1.76. The number of anilines is 1. The maximum absolute atomic E-state index is 12.5. The molecule has 0 amide bonds. The smallest absolute Gasteiger partial charge is 0.365 e. The summed E-state index contributed by atoms with van der Waals surface area (Å²) in [5.74, 6) is 0. The number of rotatable bonds is 3. The van der Waals surface area contributed by atoms with E-state index in [4.69, 9.17) is 0 Å². The number of alkyl halides is 3. The standard InChI is InChI=1S/C12H11F3N2S/c1-16-11-17-7-10(18-11)6-8-3-2-4-9(5-8)12(13,14)15/h2-5,7H,6H2,1H3,(H,16,17). The molecule has 0 saturated heterocycles. The third-order valence-electron chi connectivity index (χ3n) is 2.40. The summed E-state index contributed by atoms with van der Waals surface area (Å²) in [6.45, 7) is 0. The van der Waals surface area contributed by atoms with Gasteiger partial charge in [0.2, 0.25) is 0 Å². The molecule has 2 nitrogen and oxygen atoms in total. The molecule has 0 saturated carbocycles. The first-order chi connectivity index (χ1) is 8.49. The zero-order valence-corrected chi connectivity index (χ0v) is 10.4. The average molecular weight is 272 g/mol. The first-order valence-corrected chi connectivity index (χ1v) is 6.09.